The molecule has 2 rings (SSSR count). The van der Waals surface area contributed by atoms with Crippen LogP contribution in [0, 0.1) is 0 Å². The van der Waals surface area contributed by atoms with E-state index in [1.54, 1.807) is 7.11 Å². The highest BCUT2D eigenvalue weighted by molar-refractivity contribution is 7.80. The van der Waals surface area contributed by atoms with E-state index in [2.05, 4.69) is 17.1 Å². The molecule has 0 aromatic heterocycles. The lowest BCUT2D eigenvalue weighted by atomic mass is 10.1. The number of nitrogens with zero attached hydrogens (tertiary/aromatic N) is 1. The maximum Gasteiger partial charge on any atom is 0.120 e. The molecule has 1 aliphatic heterocycles. The molecule has 4 nitrogen and oxygen atoms in total. The maximum atomic E-state index is 5.80. The van der Waals surface area contributed by atoms with Crippen LogP contribution in [0.25, 0.3) is 0 Å². The molecular formula is C16H25N3OS. The summed E-state index contributed by atoms with van der Waals surface area (Å²) in [7, 11) is 1.66. The molecular weight excluding hydrogens is 282 g/mol. The molecule has 0 aliphatic carbocycles. The summed E-state index contributed by atoms with van der Waals surface area (Å²) in [5.41, 5.74) is 7.62. The average Bonchev–Trinajstić information content (AvgIpc) is 2.52. The van der Waals surface area contributed by atoms with Crippen molar-refractivity contribution in [1.29, 1.82) is 0 Å². The molecule has 1 unspecified atom stereocenters. The average molecular weight is 307 g/mol. The minimum atomic E-state index is 0.408. The Morgan fingerprint density at radius 2 is 2.10 bits per heavy atom. The number of anilines is 1. The van der Waals surface area contributed by atoms with Crippen molar-refractivity contribution in [1.82, 2.24) is 4.90 Å². The third kappa shape index (κ3) is 4.32. The minimum absolute atomic E-state index is 0.408. The van der Waals surface area contributed by atoms with Gasteiger partial charge in [0, 0.05) is 29.9 Å². The molecule has 5 heteroatoms. The fourth-order valence-corrected chi connectivity index (χ4v) is 2.94. The van der Waals surface area contributed by atoms with Crippen LogP contribution in [0.2, 0.25) is 0 Å². The van der Waals surface area contributed by atoms with E-state index in [1.165, 1.54) is 32.4 Å². The van der Waals surface area contributed by atoms with E-state index < -0.39 is 0 Å². The van der Waals surface area contributed by atoms with Crippen LogP contribution in [0.15, 0.2) is 18.2 Å². The number of hydrogen-bond donors (Lipinski definition) is 2. The molecule has 1 heterocycles. The van der Waals surface area contributed by atoms with Crippen LogP contribution in [-0.4, -0.2) is 42.7 Å². The first kappa shape index (κ1) is 16.0. The normalized spacial score (nSPS) is 17.2. The lowest BCUT2D eigenvalue weighted by Gasteiger charge is -2.32. The van der Waals surface area contributed by atoms with Crippen LogP contribution in [0.3, 0.4) is 0 Å². The Labute approximate surface area is 132 Å². The largest absolute Gasteiger partial charge is 0.497 e. The van der Waals surface area contributed by atoms with Gasteiger partial charge >= 0.3 is 0 Å². The number of piperidine rings is 1. The van der Waals surface area contributed by atoms with Crippen LogP contribution >= 0.6 is 12.2 Å². The van der Waals surface area contributed by atoms with E-state index in [9.17, 15) is 0 Å². The number of likely N-dealkylation sites (tertiary alicyclic amines) is 1. The van der Waals surface area contributed by atoms with Crippen LogP contribution in [0.1, 0.15) is 31.7 Å². The number of ether oxygens (including phenoxy) is 1. The topological polar surface area (TPSA) is 50.5 Å². The van der Waals surface area contributed by atoms with Crippen molar-refractivity contribution in [3.05, 3.63) is 23.8 Å². The van der Waals surface area contributed by atoms with Crippen molar-refractivity contribution in [3.63, 3.8) is 0 Å². The van der Waals surface area contributed by atoms with Crippen molar-refractivity contribution in [2.45, 2.75) is 32.2 Å². The Hall–Kier alpha value is -1.33. The number of hydrogen-bond acceptors (Lipinski definition) is 4. The number of nitrogens with one attached hydrogen (secondary N) is 1. The van der Waals surface area contributed by atoms with E-state index in [-0.39, 0.29) is 0 Å². The summed E-state index contributed by atoms with van der Waals surface area (Å²) in [6.45, 7) is 5.54. The Balaban J connectivity index is 2.02. The predicted octanol–water partition coefficient (Wildman–Crippen LogP) is 2.62. The molecule has 1 atom stereocenters. The van der Waals surface area contributed by atoms with Gasteiger partial charge in [-0.15, -0.1) is 0 Å². The smallest absolute Gasteiger partial charge is 0.120 e. The summed E-state index contributed by atoms with van der Waals surface area (Å²) >= 11 is 5.12. The summed E-state index contributed by atoms with van der Waals surface area (Å²) < 4.78 is 5.28. The molecule has 1 fully saturated rings. The highest BCUT2D eigenvalue weighted by Gasteiger charge is 2.17. The maximum absolute atomic E-state index is 5.80. The van der Waals surface area contributed by atoms with E-state index in [0.717, 1.165) is 23.5 Å². The van der Waals surface area contributed by atoms with Gasteiger partial charge in [-0.25, -0.2) is 0 Å². The lowest BCUT2D eigenvalue weighted by Crippen LogP contribution is -2.41. The molecule has 1 aromatic carbocycles. The summed E-state index contributed by atoms with van der Waals surface area (Å²) in [6.07, 6.45) is 3.97. The molecule has 0 amide bonds. The van der Waals surface area contributed by atoms with Gasteiger partial charge in [0.2, 0.25) is 0 Å². The van der Waals surface area contributed by atoms with Gasteiger partial charge in [-0.1, -0.05) is 18.6 Å². The zero-order valence-electron chi connectivity index (χ0n) is 12.9. The summed E-state index contributed by atoms with van der Waals surface area (Å²) in [6, 6.07) is 6.25. The Morgan fingerprint density at radius 1 is 1.38 bits per heavy atom. The zero-order chi connectivity index (χ0) is 15.2. The molecule has 0 spiro atoms. The standard InChI is InChI=1S/C16H25N3OS/c1-12(19-8-4-3-5-9-19)11-18-15-10-13(20-2)6-7-14(15)16(17)21/h6-7,10,12,18H,3-5,8-9,11H2,1-2H3,(H2,17,21). The third-order valence-electron chi connectivity index (χ3n) is 4.09. The van der Waals surface area contributed by atoms with Crippen LogP contribution in [0.4, 0.5) is 5.69 Å². The molecule has 116 valence electrons. The van der Waals surface area contributed by atoms with Crippen molar-refractivity contribution in [3.8, 4) is 5.75 Å². The van der Waals surface area contributed by atoms with Gasteiger partial charge < -0.3 is 15.8 Å². The Morgan fingerprint density at radius 3 is 2.71 bits per heavy atom. The van der Waals surface area contributed by atoms with E-state index in [4.69, 9.17) is 22.7 Å². The fraction of sp³-hybridized carbons (Fsp3) is 0.562. The molecule has 1 aromatic rings. The van der Waals surface area contributed by atoms with Gasteiger partial charge in [0.25, 0.3) is 0 Å². The summed E-state index contributed by atoms with van der Waals surface area (Å²) in [4.78, 5) is 2.95. The molecule has 21 heavy (non-hydrogen) atoms. The summed E-state index contributed by atoms with van der Waals surface area (Å²) in [5.74, 6) is 0.808. The Bertz CT molecular complexity index is 486. The zero-order valence-corrected chi connectivity index (χ0v) is 13.7. The van der Waals surface area contributed by atoms with Gasteiger partial charge in [0.05, 0.1) is 7.11 Å². The minimum Gasteiger partial charge on any atom is -0.497 e. The fourth-order valence-electron chi connectivity index (χ4n) is 2.76. The van der Waals surface area contributed by atoms with E-state index in [1.807, 2.05) is 18.2 Å². The van der Waals surface area contributed by atoms with Crippen LogP contribution in [0.5, 0.6) is 5.75 Å². The second-order valence-corrected chi connectivity index (χ2v) is 6.04. The predicted molar refractivity (Wildman–Crippen MR) is 92.3 cm³/mol. The number of benzene rings is 1. The molecule has 0 radical (unpaired) electrons. The van der Waals surface area contributed by atoms with E-state index in [0.29, 0.717) is 11.0 Å². The summed E-state index contributed by atoms with van der Waals surface area (Å²) in [5, 5.41) is 3.48. The number of methoxy groups -OCH3 is 1. The SMILES string of the molecule is COc1ccc(C(N)=S)c(NCC(C)N2CCCCC2)c1. The van der Waals surface area contributed by atoms with Crippen molar-refractivity contribution < 1.29 is 4.74 Å². The Kier molecular flexibility index (Phi) is 5.82. The van der Waals surface area contributed by atoms with Gasteiger partial charge in [0.15, 0.2) is 0 Å². The first-order valence-electron chi connectivity index (χ1n) is 7.57. The lowest BCUT2D eigenvalue weighted by molar-refractivity contribution is 0.180. The van der Waals surface area contributed by atoms with Gasteiger partial charge in [-0.3, -0.25) is 4.90 Å². The second kappa shape index (κ2) is 7.61. The number of nitrogens with two attached hydrogens (primary N) is 1. The van der Waals surface area contributed by atoms with Crippen molar-refractivity contribution in [2.75, 3.05) is 32.1 Å². The second-order valence-electron chi connectivity index (χ2n) is 5.60. The number of rotatable bonds is 6. The van der Waals surface area contributed by atoms with Gasteiger partial charge in [-0.2, -0.15) is 0 Å². The van der Waals surface area contributed by atoms with Crippen LogP contribution in [-0.2, 0) is 0 Å². The van der Waals surface area contributed by atoms with Gasteiger partial charge in [-0.05, 0) is 45.0 Å². The highest BCUT2D eigenvalue weighted by Crippen LogP contribution is 2.23. The molecule has 0 saturated carbocycles. The first-order chi connectivity index (χ1) is 10.1. The van der Waals surface area contributed by atoms with Crippen LogP contribution < -0.4 is 15.8 Å². The molecule has 3 N–H and O–H groups in total. The monoisotopic (exact) mass is 307 g/mol. The first-order valence-corrected chi connectivity index (χ1v) is 7.98. The molecule has 1 saturated heterocycles. The quantitative estimate of drug-likeness (QED) is 0.791. The molecule has 0 bridgehead atoms. The number of thiocarbonyl (C=S) groups is 1. The third-order valence-corrected chi connectivity index (χ3v) is 4.31. The van der Waals surface area contributed by atoms with Crippen molar-refractivity contribution >= 4 is 22.9 Å². The van der Waals surface area contributed by atoms with Crippen molar-refractivity contribution in [2.24, 2.45) is 5.73 Å². The van der Waals surface area contributed by atoms with Gasteiger partial charge in [0.1, 0.15) is 10.7 Å². The highest BCUT2D eigenvalue weighted by atomic mass is 32.1. The molecule has 1 aliphatic rings. The van der Waals surface area contributed by atoms with E-state index >= 15 is 0 Å².